The van der Waals surface area contributed by atoms with Crippen LogP contribution in [0.5, 0.6) is 5.75 Å². The van der Waals surface area contributed by atoms with Gasteiger partial charge in [-0.2, -0.15) is 16.8 Å². The summed E-state index contributed by atoms with van der Waals surface area (Å²) in [6.45, 7) is 0.609. The summed E-state index contributed by atoms with van der Waals surface area (Å²) in [5.74, 6) is -0.136. The van der Waals surface area contributed by atoms with Crippen molar-refractivity contribution in [1.82, 2.24) is 0 Å². The van der Waals surface area contributed by atoms with E-state index in [9.17, 15) is 25.9 Å². The molecule has 0 radical (unpaired) electrons. The molecule has 2 heterocycles. The quantitative estimate of drug-likeness (QED) is 0.278. The zero-order chi connectivity index (χ0) is 28.5. The van der Waals surface area contributed by atoms with Gasteiger partial charge in [-0.1, -0.05) is 59.8 Å². The van der Waals surface area contributed by atoms with Gasteiger partial charge in [0.05, 0.1) is 27.9 Å². The molecule has 13 heteroatoms. The third-order valence-corrected chi connectivity index (χ3v) is 9.47. The molecule has 9 nitrogen and oxygen atoms in total. The van der Waals surface area contributed by atoms with Gasteiger partial charge in [-0.3, -0.25) is 9.11 Å². The van der Waals surface area contributed by atoms with Crippen LogP contribution in [0.2, 0.25) is 5.02 Å². The Morgan fingerprint density at radius 2 is 1.55 bits per heavy atom. The molecule has 0 amide bonds. The first-order valence-corrected chi connectivity index (χ1v) is 16.9. The summed E-state index contributed by atoms with van der Waals surface area (Å²) in [6.07, 6.45) is 1.67. The van der Waals surface area contributed by atoms with Crippen LogP contribution in [0.4, 0.5) is 11.4 Å². The largest absolute Gasteiger partial charge is 0.465 e. The van der Waals surface area contributed by atoms with Gasteiger partial charge in [-0.25, -0.2) is 0 Å². The van der Waals surface area contributed by atoms with Gasteiger partial charge in [0.25, 0.3) is 20.2 Å². The number of benzene rings is 3. The molecule has 212 valence electrons. The van der Waals surface area contributed by atoms with E-state index in [0.29, 0.717) is 23.9 Å². The van der Waals surface area contributed by atoms with Crippen LogP contribution in [0, 0.1) is 0 Å². The standard InChI is InChI=1S/C27H27ClN2O7S3/c28-21-9-11-25-23(17-21)30(13-5-15-40(34,35)36)27(38-25)18-26-29(12-4-14-39(31,32)33)22-16-20(8-10-24(22)37-26)19-6-2-1-3-7-19/h1-3,6-11,16-18,26H,4-5,12-15H2,(H,31,32,33)(H,34,35,36). The Labute approximate surface area is 242 Å². The fourth-order valence-electron chi connectivity index (χ4n) is 4.73. The van der Waals surface area contributed by atoms with E-state index in [0.717, 1.165) is 32.4 Å². The highest BCUT2D eigenvalue weighted by molar-refractivity contribution is 8.03. The first kappa shape index (κ1) is 28.8. The molecule has 2 aliphatic heterocycles. The summed E-state index contributed by atoms with van der Waals surface area (Å²) in [5, 5.41) is 1.32. The molecule has 40 heavy (non-hydrogen) atoms. The van der Waals surface area contributed by atoms with Crippen molar-refractivity contribution in [1.29, 1.82) is 0 Å². The number of hydrogen-bond acceptors (Lipinski definition) is 8. The number of hydrogen-bond donors (Lipinski definition) is 2. The summed E-state index contributed by atoms with van der Waals surface area (Å²) < 4.78 is 70.4. The third kappa shape index (κ3) is 6.93. The van der Waals surface area contributed by atoms with Gasteiger partial charge in [0.15, 0.2) is 6.23 Å². The molecule has 5 rings (SSSR count). The topological polar surface area (TPSA) is 124 Å². The lowest BCUT2D eigenvalue weighted by Gasteiger charge is -2.26. The van der Waals surface area contributed by atoms with Crippen molar-refractivity contribution in [3.8, 4) is 16.9 Å². The maximum absolute atomic E-state index is 11.4. The first-order chi connectivity index (χ1) is 19.0. The summed E-state index contributed by atoms with van der Waals surface area (Å²) in [7, 11) is -8.25. The van der Waals surface area contributed by atoms with Crippen LogP contribution in [0.3, 0.4) is 0 Å². The normalized spacial score (nSPS) is 17.7. The zero-order valence-corrected chi connectivity index (χ0v) is 24.4. The highest BCUT2D eigenvalue weighted by Crippen LogP contribution is 2.48. The van der Waals surface area contributed by atoms with Crippen LogP contribution < -0.4 is 14.5 Å². The van der Waals surface area contributed by atoms with Crippen LogP contribution in [0.1, 0.15) is 12.8 Å². The van der Waals surface area contributed by atoms with Crippen LogP contribution in [-0.4, -0.2) is 56.8 Å². The Morgan fingerprint density at radius 3 is 2.25 bits per heavy atom. The average Bonchev–Trinajstić information content (AvgIpc) is 3.40. The Hall–Kier alpha value is -2.74. The van der Waals surface area contributed by atoms with Gasteiger partial charge in [0.1, 0.15) is 5.75 Å². The molecule has 0 fully saturated rings. The lowest BCUT2D eigenvalue weighted by atomic mass is 10.0. The van der Waals surface area contributed by atoms with E-state index < -0.39 is 26.5 Å². The number of nitrogens with zero attached hydrogens (tertiary/aromatic N) is 2. The second kappa shape index (κ2) is 11.6. The van der Waals surface area contributed by atoms with Gasteiger partial charge >= 0.3 is 0 Å². The minimum atomic E-state index is -4.13. The minimum absolute atomic E-state index is 0.178. The fourth-order valence-corrected chi connectivity index (χ4v) is 7.00. The van der Waals surface area contributed by atoms with E-state index in [2.05, 4.69) is 0 Å². The highest BCUT2D eigenvalue weighted by Gasteiger charge is 2.33. The van der Waals surface area contributed by atoms with Gasteiger partial charge in [-0.05, 0) is 54.3 Å². The maximum atomic E-state index is 11.4. The Kier molecular flexibility index (Phi) is 8.37. The lowest BCUT2D eigenvalue weighted by Crippen LogP contribution is -2.35. The fraction of sp³-hybridized carbons (Fsp3) is 0.259. The number of rotatable bonds is 10. The van der Waals surface area contributed by atoms with Crippen molar-refractivity contribution in [2.45, 2.75) is 24.0 Å². The van der Waals surface area contributed by atoms with Gasteiger partial charge < -0.3 is 14.5 Å². The molecule has 0 saturated carbocycles. The van der Waals surface area contributed by atoms with E-state index in [4.69, 9.17) is 16.3 Å². The average molecular weight is 623 g/mol. The Morgan fingerprint density at radius 1 is 0.850 bits per heavy atom. The number of halogens is 1. The van der Waals surface area contributed by atoms with Crippen LogP contribution >= 0.6 is 23.4 Å². The zero-order valence-electron chi connectivity index (χ0n) is 21.2. The molecule has 0 saturated heterocycles. The lowest BCUT2D eigenvalue weighted by molar-refractivity contribution is 0.272. The highest BCUT2D eigenvalue weighted by atomic mass is 35.5. The van der Waals surface area contributed by atoms with Crippen molar-refractivity contribution in [2.24, 2.45) is 0 Å². The molecule has 2 aliphatic rings. The Bertz CT molecular complexity index is 1650. The molecule has 0 spiro atoms. The summed E-state index contributed by atoms with van der Waals surface area (Å²) in [5.41, 5.74) is 3.60. The number of anilines is 2. The van der Waals surface area contributed by atoms with Crippen LogP contribution in [-0.2, 0) is 20.2 Å². The van der Waals surface area contributed by atoms with E-state index >= 15 is 0 Å². The maximum Gasteiger partial charge on any atom is 0.264 e. The first-order valence-electron chi connectivity index (χ1n) is 12.5. The molecular weight excluding hydrogens is 596 g/mol. The van der Waals surface area contributed by atoms with E-state index in [1.165, 1.54) is 11.8 Å². The molecule has 3 aromatic carbocycles. The van der Waals surface area contributed by atoms with Crippen molar-refractivity contribution in [3.63, 3.8) is 0 Å². The summed E-state index contributed by atoms with van der Waals surface area (Å²) in [4.78, 5) is 4.82. The Balaban J connectivity index is 1.47. The number of thioether (sulfide) groups is 1. The second-order valence-corrected chi connectivity index (χ2v) is 14.0. The van der Waals surface area contributed by atoms with Gasteiger partial charge in [0.2, 0.25) is 0 Å². The third-order valence-electron chi connectivity index (χ3n) is 6.49. The van der Waals surface area contributed by atoms with E-state index in [1.54, 1.807) is 12.1 Å². The molecule has 1 atom stereocenters. The predicted octanol–water partition coefficient (Wildman–Crippen LogP) is 5.54. The van der Waals surface area contributed by atoms with E-state index in [-0.39, 0.29) is 24.3 Å². The number of fused-ring (bicyclic) bond motifs is 2. The molecule has 1 unspecified atom stereocenters. The van der Waals surface area contributed by atoms with Crippen molar-refractivity contribution in [2.75, 3.05) is 34.4 Å². The molecule has 0 aromatic heterocycles. The van der Waals surface area contributed by atoms with E-state index in [1.807, 2.05) is 70.5 Å². The number of ether oxygens (including phenoxy) is 1. The monoisotopic (exact) mass is 622 g/mol. The van der Waals surface area contributed by atoms with Crippen molar-refractivity contribution in [3.05, 3.63) is 82.9 Å². The van der Waals surface area contributed by atoms with Gasteiger partial charge in [0, 0.05) is 29.1 Å². The van der Waals surface area contributed by atoms with Crippen molar-refractivity contribution >= 4 is 55.0 Å². The minimum Gasteiger partial charge on any atom is -0.465 e. The summed E-state index contributed by atoms with van der Waals surface area (Å²) in [6, 6.07) is 21.2. The molecule has 2 N–H and O–H groups in total. The molecular formula is C27H27ClN2O7S3. The predicted molar refractivity (Wildman–Crippen MR) is 158 cm³/mol. The SMILES string of the molecule is O=S(=O)(O)CCCN1C(=CC2Oc3ccc(-c4ccccc4)cc3N2CCCS(=O)(=O)O)Sc2ccc(Cl)cc21. The molecule has 0 bridgehead atoms. The van der Waals surface area contributed by atoms with Gasteiger partial charge in [-0.15, -0.1) is 0 Å². The summed E-state index contributed by atoms with van der Waals surface area (Å²) >= 11 is 7.74. The molecule has 3 aromatic rings. The molecule has 0 aliphatic carbocycles. The van der Waals surface area contributed by atoms with Crippen LogP contribution in [0.15, 0.2) is 82.7 Å². The second-order valence-electron chi connectivity index (χ2n) is 9.40. The van der Waals surface area contributed by atoms with Crippen molar-refractivity contribution < 1.29 is 30.7 Å². The smallest absolute Gasteiger partial charge is 0.264 e. The van der Waals surface area contributed by atoms with Crippen LogP contribution in [0.25, 0.3) is 11.1 Å².